The van der Waals surface area contributed by atoms with Crippen molar-refractivity contribution in [1.29, 1.82) is 0 Å². The zero-order valence-corrected chi connectivity index (χ0v) is 15.6. The summed E-state index contributed by atoms with van der Waals surface area (Å²) in [6, 6.07) is 0. The quantitative estimate of drug-likeness (QED) is 0.822. The Morgan fingerprint density at radius 1 is 1.30 bits per heavy atom. The van der Waals surface area contributed by atoms with Crippen LogP contribution in [-0.4, -0.2) is 43.2 Å². The van der Waals surface area contributed by atoms with Crippen molar-refractivity contribution in [3.05, 3.63) is 17.1 Å². The molecule has 0 amide bonds. The molecule has 0 spiro atoms. The van der Waals surface area contributed by atoms with Gasteiger partial charge in [-0.05, 0) is 26.3 Å². The van der Waals surface area contributed by atoms with Gasteiger partial charge < -0.3 is 14.8 Å². The van der Waals surface area contributed by atoms with Crippen LogP contribution < -0.4 is 10.1 Å². The maximum Gasteiger partial charge on any atom is 0.310 e. The molecular weight excluding hydrogens is 341 g/mol. The van der Waals surface area contributed by atoms with Crippen molar-refractivity contribution in [2.24, 2.45) is 0 Å². The number of nitrogens with one attached hydrogen (secondary N) is 1. The molecule has 0 radical (unpaired) electrons. The van der Waals surface area contributed by atoms with E-state index < -0.39 is 0 Å². The molecular formula is C15H25Cl2N3O3. The Bertz CT molecular complexity index is 535. The van der Waals surface area contributed by atoms with E-state index in [1.807, 2.05) is 6.92 Å². The minimum Gasteiger partial charge on any atom is -0.481 e. The SMILES string of the molecule is COC(=O)Cc1c(C)nc(C2(C)CCCNC2)nc1OC.Cl.Cl. The molecule has 2 heterocycles. The molecule has 0 aliphatic carbocycles. The standard InChI is InChI=1S/C15H23N3O3.2ClH/c1-10-11(8-12(19)20-3)13(21-4)18-14(17-10)15(2)6-5-7-16-9-15;;/h16H,5-9H2,1-4H3;2*1H. The monoisotopic (exact) mass is 365 g/mol. The Balaban J connectivity index is 0.00000242. The molecule has 1 unspecified atom stereocenters. The van der Waals surface area contributed by atoms with E-state index in [0.717, 1.165) is 37.4 Å². The summed E-state index contributed by atoms with van der Waals surface area (Å²) in [6.45, 7) is 5.93. The fraction of sp³-hybridized carbons (Fsp3) is 0.667. The van der Waals surface area contributed by atoms with E-state index in [9.17, 15) is 4.79 Å². The smallest absolute Gasteiger partial charge is 0.310 e. The molecule has 6 nitrogen and oxygen atoms in total. The number of methoxy groups -OCH3 is 2. The first-order valence-corrected chi connectivity index (χ1v) is 7.19. The van der Waals surface area contributed by atoms with Crippen LogP contribution in [-0.2, 0) is 21.4 Å². The molecule has 1 saturated heterocycles. The predicted molar refractivity (Wildman–Crippen MR) is 93.0 cm³/mol. The number of nitrogens with zero attached hydrogens (tertiary/aromatic N) is 2. The van der Waals surface area contributed by atoms with Gasteiger partial charge in [0.2, 0.25) is 5.88 Å². The van der Waals surface area contributed by atoms with Crippen molar-refractivity contribution in [2.75, 3.05) is 27.3 Å². The first-order chi connectivity index (χ1) is 10.00. The first-order valence-electron chi connectivity index (χ1n) is 7.19. The molecule has 0 bridgehead atoms. The molecule has 1 aliphatic heterocycles. The minimum absolute atomic E-state index is 0. The number of ether oxygens (including phenoxy) is 2. The van der Waals surface area contributed by atoms with Gasteiger partial charge in [-0.2, -0.15) is 4.98 Å². The van der Waals surface area contributed by atoms with Gasteiger partial charge in [-0.1, -0.05) is 6.92 Å². The lowest BCUT2D eigenvalue weighted by Gasteiger charge is -2.33. The Labute approximate surface area is 149 Å². The van der Waals surface area contributed by atoms with Gasteiger partial charge >= 0.3 is 5.97 Å². The van der Waals surface area contributed by atoms with E-state index in [1.54, 1.807) is 7.11 Å². The number of carbonyl (C=O) groups excluding carboxylic acids is 1. The molecule has 0 aromatic carbocycles. The number of carbonyl (C=O) groups is 1. The highest BCUT2D eigenvalue weighted by Crippen LogP contribution is 2.31. The van der Waals surface area contributed by atoms with Gasteiger partial charge in [-0.15, -0.1) is 24.8 Å². The van der Waals surface area contributed by atoms with Crippen LogP contribution in [0.25, 0.3) is 0 Å². The van der Waals surface area contributed by atoms with E-state index >= 15 is 0 Å². The van der Waals surface area contributed by atoms with E-state index in [4.69, 9.17) is 9.47 Å². The Morgan fingerprint density at radius 3 is 2.52 bits per heavy atom. The fourth-order valence-corrected chi connectivity index (χ4v) is 2.68. The Hall–Kier alpha value is -1.11. The van der Waals surface area contributed by atoms with Crippen LogP contribution in [0.3, 0.4) is 0 Å². The zero-order valence-electron chi connectivity index (χ0n) is 14.0. The lowest BCUT2D eigenvalue weighted by Crippen LogP contribution is -2.42. The zero-order chi connectivity index (χ0) is 15.5. The molecule has 1 fully saturated rings. The molecule has 23 heavy (non-hydrogen) atoms. The Morgan fingerprint density at radius 2 is 2.00 bits per heavy atom. The largest absolute Gasteiger partial charge is 0.481 e. The van der Waals surface area contributed by atoms with Gasteiger partial charge in [-0.25, -0.2) is 4.98 Å². The third-order valence-corrected chi connectivity index (χ3v) is 4.06. The summed E-state index contributed by atoms with van der Waals surface area (Å²) < 4.78 is 10.1. The first kappa shape index (κ1) is 21.9. The van der Waals surface area contributed by atoms with E-state index in [-0.39, 0.29) is 42.6 Å². The van der Waals surface area contributed by atoms with Gasteiger partial charge in [0.25, 0.3) is 0 Å². The number of piperidine rings is 1. The number of aryl methyl sites for hydroxylation is 1. The summed E-state index contributed by atoms with van der Waals surface area (Å²) in [5.41, 5.74) is 1.37. The maximum absolute atomic E-state index is 11.5. The molecule has 1 aromatic heterocycles. The lowest BCUT2D eigenvalue weighted by atomic mass is 9.82. The van der Waals surface area contributed by atoms with Gasteiger partial charge in [-0.3, -0.25) is 4.79 Å². The highest BCUT2D eigenvalue weighted by atomic mass is 35.5. The summed E-state index contributed by atoms with van der Waals surface area (Å²) in [4.78, 5) is 20.7. The summed E-state index contributed by atoms with van der Waals surface area (Å²) in [7, 11) is 2.93. The van der Waals surface area contributed by atoms with Gasteiger partial charge in [0.05, 0.1) is 20.6 Å². The van der Waals surface area contributed by atoms with Crippen LogP contribution in [0.2, 0.25) is 0 Å². The second kappa shape index (κ2) is 9.25. The third kappa shape index (κ3) is 4.93. The minimum atomic E-state index is -0.321. The van der Waals surface area contributed by atoms with Gasteiger partial charge in [0, 0.05) is 23.2 Å². The number of halogens is 2. The van der Waals surface area contributed by atoms with E-state index in [0.29, 0.717) is 11.4 Å². The van der Waals surface area contributed by atoms with Crippen LogP contribution in [0.15, 0.2) is 0 Å². The molecule has 132 valence electrons. The van der Waals surface area contributed by atoms with Crippen LogP contribution in [0.1, 0.15) is 36.8 Å². The van der Waals surface area contributed by atoms with Crippen LogP contribution >= 0.6 is 24.8 Å². The number of rotatable bonds is 4. The fourth-order valence-electron chi connectivity index (χ4n) is 2.68. The predicted octanol–water partition coefficient (Wildman–Crippen LogP) is 1.99. The molecule has 1 N–H and O–H groups in total. The van der Waals surface area contributed by atoms with Crippen molar-refractivity contribution in [2.45, 2.75) is 38.5 Å². The average molecular weight is 366 g/mol. The van der Waals surface area contributed by atoms with Crippen LogP contribution in [0.4, 0.5) is 0 Å². The van der Waals surface area contributed by atoms with Crippen molar-refractivity contribution in [3.8, 4) is 5.88 Å². The van der Waals surface area contributed by atoms with Crippen molar-refractivity contribution < 1.29 is 14.3 Å². The van der Waals surface area contributed by atoms with Crippen molar-refractivity contribution in [3.63, 3.8) is 0 Å². The topological polar surface area (TPSA) is 73.3 Å². The second-order valence-corrected chi connectivity index (χ2v) is 5.71. The van der Waals surface area contributed by atoms with E-state index in [1.165, 1.54) is 7.11 Å². The van der Waals surface area contributed by atoms with Gasteiger partial charge in [0.15, 0.2) is 0 Å². The molecule has 0 saturated carbocycles. The third-order valence-electron chi connectivity index (χ3n) is 4.06. The summed E-state index contributed by atoms with van der Waals surface area (Å²) in [6.07, 6.45) is 2.27. The Kier molecular flexibility index (Phi) is 8.80. The molecule has 2 rings (SSSR count). The van der Waals surface area contributed by atoms with E-state index in [2.05, 4.69) is 22.2 Å². The molecule has 1 aromatic rings. The van der Waals surface area contributed by atoms with Gasteiger partial charge in [0.1, 0.15) is 5.82 Å². The van der Waals surface area contributed by atoms with Crippen LogP contribution in [0.5, 0.6) is 5.88 Å². The maximum atomic E-state index is 11.5. The average Bonchev–Trinajstić information content (AvgIpc) is 2.49. The number of hydrogen-bond acceptors (Lipinski definition) is 6. The summed E-state index contributed by atoms with van der Waals surface area (Å²) in [5, 5.41) is 3.39. The summed E-state index contributed by atoms with van der Waals surface area (Å²) >= 11 is 0. The van der Waals surface area contributed by atoms with Crippen LogP contribution in [0, 0.1) is 6.92 Å². The lowest BCUT2D eigenvalue weighted by molar-refractivity contribution is -0.139. The van der Waals surface area contributed by atoms with Crippen molar-refractivity contribution >= 4 is 30.8 Å². The number of hydrogen-bond donors (Lipinski definition) is 1. The highest BCUT2D eigenvalue weighted by molar-refractivity contribution is 5.85. The number of esters is 1. The molecule has 1 atom stereocenters. The normalized spacial score (nSPS) is 20.0. The second-order valence-electron chi connectivity index (χ2n) is 5.71. The highest BCUT2D eigenvalue weighted by Gasteiger charge is 2.33. The number of aromatic nitrogens is 2. The molecule has 8 heteroatoms. The van der Waals surface area contributed by atoms with Crippen molar-refractivity contribution in [1.82, 2.24) is 15.3 Å². The molecule has 1 aliphatic rings. The summed E-state index contributed by atoms with van der Waals surface area (Å²) in [5.74, 6) is 0.922.